The molecule has 162 valence electrons. The summed E-state index contributed by atoms with van der Waals surface area (Å²) in [5, 5.41) is 9.24. The van der Waals surface area contributed by atoms with Crippen molar-refractivity contribution in [1.82, 2.24) is 19.7 Å². The second kappa shape index (κ2) is 9.78. The Morgan fingerprint density at radius 1 is 1.33 bits per heavy atom. The molecule has 1 fully saturated rings. The Hall–Kier alpha value is -2.13. The molecule has 2 heterocycles. The van der Waals surface area contributed by atoms with Gasteiger partial charge in [-0.3, -0.25) is 9.36 Å². The standard InChI is InChI=1S/C21H28N4O3S2/c1-4-11-24-20(17-8-6-5-7-9-17)22-23-21(24)29-14-19(26)25(13-16(2)3)18-10-12-30(27,28)15-18/h4-9,16,18H,1,10-15H2,2-3H3/t18-/m0/s1. The van der Waals surface area contributed by atoms with Gasteiger partial charge in [-0.15, -0.1) is 16.8 Å². The first-order valence-electron chi connectivity index (χ1n) is 10.0. The van der Waals surface area contributed by atoms with Crippen molar-refractivity contribution in [2.75, 3.05) is 23.8 Å². The number of rotatable bonds is 9. The molecular weight excluding hydrogens is 420 g/mol. The van der Waals surface area contributed by atoms with Gasteiger partial charge in [-0.1, -0.05) is 62.0 Å². The fourth-order valence-electron chi connectivity index (χ4n) is 3.57. The van der Waals surface area contributed by atoms with Crippen molar-refractivity contribution < 1.29 is 13.2 Å². The quantitative estimate of drug-likeness (QED) is 0.433. The number of nitrogens with zero attached hydrogens (tertiary/aromatic N) is 4. The van der Waals surface area contributed by atoms with E-state index in [1.165, 1.54) is 11.8 Å². The Morgan fingerprint density at radius 2 is 2.07 bits per heavy atom. The molecule has 1 amide bonds. The Labute approximate surface area is 182 Å². The minimum Gasteiger partial charge on any atom is -0.338 e. The topological polar surface area (TPSA) is 85.2 Å². The molecule has 1 saturated heterocycles. The van der Waals surface area contributed by atoms with Gasteiger partial charge in [0.1, 0.15) is 0 Å². The maximum Gasteiger partial charge on any atom is 0.233 e. The van der Waals surface area contributed by atoms with Crippen LogP contribution in [-0.2, 0) is 21.2 Å². The largest absolute Gasteiger partial charge is 0.338 e. The molecule has 0 radical (unpaired) electrons. The van der Waals surface area contributed by atoms with Crippen LogP contribution >= 0.6 is 11.8 Å². The summed E-state index contributed by atoms with van der Waals surface area (Å²) in [7, 11) is -3.06. The highest BCUT2D eigenvalue weighted by molar-refractivity contribution is 7.99. The second-order valence-electron chi connectivity index (χ2n) is 7.86. The molecule has 1 aromatic carbocycles. The summed E-state index contributed by atoms with van der Waals surface area (Å²) in [6.45, 7) is 8.96. The van der Waals surface area contributed by atoms with Crippen LogP contribution < -0.4 is 0 Å². The maximum absolute atomic E-state index is 13.0. The SMILES string of the molecule is C=CCn1c(SCC(=O)N(CC(C)C)[C@H]2CCS(=O)(=O)C2)nnc1-c1ccccc1. The number of carbonyl (C=O) groups excluding carboxylic acids is 1. The third kappa shape index (κ3) is 5.51. The van der Waals surface area contributed by atoms with Crippen LogP contribution in [0.25, 0.3) is 11.4 Å². The van der Waals surface area contributed by atoms with Crippen molar-refractivity contribution in [2.24, 2.45) is 5.92 Å². The van der Waals surface area contributed by atoms with E-state index in [0.29, 0.717) is 24.7 Å². The summed E-state index contributed by atoms with van der Waals surface area (Å²) in [6.07, 6.45) is 2.28. The van der Waals surface area contributed by atoms with E-state index in [9.17, 15) is 13.2 Å². The van der Waals surface area contributed by atoms with Gasteiger partial charge >= 0.3 is 0 Å². The molecular formula is C21H28N4O3S2. The lowest BCUT2D eigenvalue weighted by atomic mass is 10.1. The van der Waals surface area contributed by atoms with Gasteiger partial charge in [-0.25, -0.2) is 8.42 Å². The third-order valence-corrected chi connectivity index (χ3v) is 7.62. The number of carbonyl (C=O) groups is 1. The van der Waals surface area contributed by atoms with Crippen molar-refractivity contribution in [2.45, 2.75) is 38.0 Å². The molecule has 0 unspecified atom stereocenters. The van der Waals surface area contributed by atoms with E-state index in [2.05, 4.69) is 16.8 Å². The fraction of sp³-hybridized carbons (Fsp3) is 0.476. The highest BCUT2D eigenvalue weighted by atomic mass is 32.2. The number of aromatic nitrogens is 3. The van der Waals surface area contributed by atoms with Crippen molar-refractivity contribution >= 4 is 27.5 Å². The molecule has 7 nitrogen and oxygen atoms in total. The molecule has 1 aliphatic heterocycles. The Bertz CT molecular complexity index is 987. The van der Waals surface area contributed by atoms with Gasteiger partial charge in [0.15, 0.2) is 20.8 Å². The second-order valence-corrected chi connectivity index (χ2v) is 11.0. The van der Waals surface area contributed by atoms with Gasteiger partial charge in [0, 0.05) is 24.7 Å². The first-order valence-corrected chi connectivity index (χ1v) is 12.8. The predicted octanol–water partition coefficient (Wildman–Crippen LogP) is 2.89. The molecule has 30 heavy (non-hydrogen) atoms. The molecule has 9 heteroatoms. The number of allylic oxidation sites excluding steroid dienone is 1. The number of benzene rings is 1. The van der Waals surface area contributed by atoms with Crippen LogP contribution in [0.3, 0.4) is 0 Å². The van der Waals surface area contributed by atoms with Crippen LogP contribution in [0.2, 0.25) is 0 Å². The zero-order chi connectivity index (χ0) is 21.7. The lowest BCUT2D eigenvalue weighted by Gasteiger charge is -2.29. The minimum absolute atomic E-state index is 0.0565. The molecule has 0 bridgehead atoms. The van der Waals surface area contributed by atoms with Gasteiger partial charge in [-0.05, 0) is 12.3 Å². The lowest BCUT2D eigenvalue weighted by molar-refractivity contribution is -0.130. The molecule has 1 aliphatic rings. The lowest BCUT2D eigenvalue weighted by Crippen LogP contribution is -2.44. The van der Waals surface area contributed by atoms with Crippen molar-refractivity contribution in [3.05, 3.63) is 43.0 Å². The Balaban J connectivity index is 1.75. The van der Waals surface area contributed by atoms with Crippen LogP contribution in [0.4, 0.5) is 0 Å². The van der Waals surface area contributed by atoms with E-state index < -0.39 is 9.84 Å². The Kier molecular flexibility index (Phi) is 7.36. The van der Waals surface area contributed by atoms with Crippen molar-refractivity contribution in [1.29, 1.82) is 0 Å². The molecule has 0 saturated carbocycles. The first-order chi connectivity index (χ1) is 14.3. The highest BCUT2D eigenvalue weighted by Crippen LogP contribution is 2.26. The average molecular weight is 449 g/mol. The summed E-state index contributed by atoms with van der Waals surface area (Å²) < 4.78 is 25.8. The van der Waals surface area contributed by atoms with E-state index in [0.717, 1.165) is 11.4 Å². The number of amides is 1. The van der Waals surface area contributed by atoms with Gasteiger partial charge < -0.3 is 4.90 Å². The summed E-state index contributed by atoms with van der Waals surface area (Å²) in [5.41, 5.74) is 0.947. The van der Waals surface area contributed by atoms with Crippen LogP contribution in [-0.4, -0.2) is 63.8 Å². The average Bonchev–Trinajstić information content (AvgIpc) is 3.28. The number of thioether (sulfide) groups is 1. The molecule has 0 aliphatic carbocycles. The normalized spacial score (nSPS) is 17.9. The number of sulfone groups is 1. The molecule has 2 aromatic rings. The van der Waals surface area contributed by atoms with Crippen molar-refractivity contribution in [3.8, 4) is 11.4 Å². The molecule has 3 rings (SSSR count). The van der Waals surface area contributed by atoms with E-state index in [1.807, 2.05) is 48.7 Å². The first kappa shape index (κ1) is 22.6. The van der Waals surface area contributed by atoms with Crippen LogP contribution in [0.15, 0.2) is 48.1 Å². The zero-order valence-corrected chi connectivity index (χ0v) is 19.0. The van der Waals surface area contributed by atoms with E-state index in [4.69, 9.17) is 0 Å². The van der Waals surface area contributed by atoms with Gasteiger partial charge in [0.05, 0.1) is 17.3 Å². The predicted molar refractivity (Wildman–Crippen MR) is 120 cm³/mol. The van der Waals surface area contributed by atoms with Crippen molar-refractivity contribution in [3.63, 3.8) is 0 Å². The smallest absolute Gasteiger partial charge is 0.233 e. The van der Waals surface area contributed by atoms with Gasteiger partial charge in [0.25, 0.3) is 0 Å². The van der Waals surface area contributed by atoms with Crippen LogP contribution in [0.1, 0.15) is 20.3 Å². The van der Waals surface area contributed by atoms with E-state index in [1.54, 1.807) is 11.0 Å². The molecule has 0 spiro atoms. The van der Waals surface area contributed by atoms with E-state index in [-0.39, 0.29) is 35.1 Å². The number of hydrogen-bond donors (Lipinski definition) is 0. The molecule has 1 atom stereocenters. The molecule has 1 aromatic heterocycles. The Morgan fingerprint density at radius 3 is 2.67 bits per heavy atom. The summed E-state index contributed by atoms with van der Waals surface area (Å²) in [6, 6.07) is 9.52. The summed E-state index contributed by atoms with van der Waals surface area (Å²) in [5.74, 6) is 1.32. The maximum atomic E-state index is 13.0. The van der Waals surface area contributed by atoms with Crippen LogP contribution in [0.5, 0.6) is 0 Å². The van der Waals surface area contributed by atoms with Crippen LogP contribution in [0, 0.1) is 5.92 Å². The van der Waals surface area contributed by atoms with Gasteiger partial charge in [-0.2, -0.15) is 0 Å². The van der Waals surface area contributed by atoms with Gasteiger partial charge in [0.2, 0.25) is 5.91 Å². The summed E-state index contributed by atoms with van der Waals surface area (Å²) in [4.78, 5) is 14.8. The fourth-order valence-corrected chi connectivity index (χ4v) is 6.13. The third-order valence-electron chi connectivity index (χ3n) is 4.92. The zero-order valence-electron chi connectivity index (χ0n) is 17.4. The molecule has 0 N–H and O–H groups in total. The number of hydrogen-bond acceptors (Lipinski definition) is 6. The monoisotopic (exact) mass is 448 g/mol. The van der Waals surface area contributed by atoms with E-state index >= 15 is 0 Å². The summed E-state index contributed by atoms with van der Waals surface area (Å²) >= 11 is 1.33. The minimum atomic E-state index is -3.06. The highest BCUT2D eigenvalue weighted by Gasteiger charge is 2.35.